The van der Waals surface area contributed by atoms with E-state index in [0.717, 1.165) is 16.3 Å². The molecule has 2 radical (unpaired) electrons. The number of nitrogens with zero attached hydrogens (tertiary/aromatic N) is 2. The molecular weight excluding hydrogens is 350 g/mol. The van der Waals surface area contributed by atoms with Crippen LogP contribution in [0.1, 0.15) is 20.8 Å². The SMILES string of the molecule is C[C](C)(C)[Sn][c]1cc(-c2cccnc2)ncc1Cl. The monoisotopic (exact) mass is 366 g/mol. The number of rotatable bonds is 2. The topological polar surface area (TPSA) is 25.8 Å². The zero-order chi connectivity index (χ0) is 13.2. The normalized spacial score (nSPS) is 11.6. The molecule has 0 spiro atoms. The Bertz CT molecular complexity index is 535. The first-order valence-electron chi connectivity index (χ1n) is 5.80. The standard InChI is InChI=1S/C10H6ClN2.C4H9.Sn/c11-9-3-4-10(13-7-9)8-2-1-5-12-6-8;1-4(2)3;/h1-2,4-7H;1-3H3;. The molecule has 92 valence electrons. The van der Waals surface area contributed by atoms with Crippen LogP contribution in [0.25, 0.3) is 11.3 Å². The summed E-state index contributed by atoms with van der Waals surface area (Å²) in [7, 11) is 0. The molecule has 0 fully saturated rings. The zero-order valence-corrected chi connectivity index (χ0v) is 14.3. The van der Waals surface area contributed by atoms with E-state index in [2.05, 4.69) is 36.8 Å². The summed E-state index contributed by atoms with van der Waals surface area (Å²) in [6.45, 7) is 6.83. The maximum absolute atomic E-state index is 6.25. The van der Waals surface area contributed by atoms with Crippen molar-refractivity contribution in [1.82, 2.24) is 9.97 Å². The molecule has 2 rings (SSSR count). The Morgan fingerprint density at radius 2 is 2.00 bits per heavy atom. The van der Waals surface area contributed by atoms with Crippen LogP contribution in [0.2, 0.25) is 8.45 Å². The number of pyridine rings is 2. The van der Waals surface area contributed by atoms with Gasteiger partial charge in [-0.25, -0.2) is 0 Å². The van der Waals surface area contributed by atoms with Crippen molar-refractivity contribution in [3.63, 3.8) is 0 Å². The van der Waals surface area contributed by atoms with Gasteiger partial charge >= 0.3 is 124 Å². The molecule has 0 atom stereocenters. The molecule has 0 saturated carbocycles. The third-order valence-electron chi connectivity index (χ3n) is 2.32. The van der Waals surface area contributed by atoms with E-state index in [1.165, 1.54) is 3.58 Å². The van der Waals surface area contributed by atoms with Gasteiger partial charge in [0.1, 0.15) is 0 Å². The number of hydrogen-bond donors (Lipinski definition) is 0. The van der Waals surface area contributed by atoms with Gasteiger partial charge in [-0.15, -0.1) is 0 Å². The van der Waals surface area contributed by atoms with Crippen LogP contribution < -0.4 is 3.58 Å². The van der Waals surface area contributed by atoms with Crippen molar-refractivity contribution < 1.29 is 0 Å². The van der Waals surface area contributed by atoms with Crippen LogP contribution in [0.3, 0.4) is 0 Å². The first kappa shape index (κ1) is 13.8. The van der Waals surface area contributed by atoms with E-state index in [9.17, 15) is 0 Å². The third-order valence-corrected chi connectivity index (χ3v) is 7.17. The molecule has 2 aromatic rings. The fourth-order valence-corrected chi connectivity index (χ4v) is 5.46. The first-order valence-corrected chi connectivity index (χ1v) is 9.03. The predicted molar refractivity (Wildman–Crippen MR) is 77.6 cm³/mol. The molecule has 2 nitrogen and oxygen atoms in total. The fraction of sp³-hybridized carbons (Fsp3) is 0.286. The molecule has 0 N–H and O–H groups in total. The Morgan fingerprint density at radius 1 is 1.22 bits per heavy atom. The summed E-state index contributed by atoms with van der Waals surface area (Å²) in [5.41, 5.74) is 2.01. The molecule has 0 aromatic carbocycles. The van der Waals surface area contributed by atoms with Crippen LogP contribution in [-0.4, -0.2) is 31.1 Å². The molecular formula is C14H15ClN2Sn. The summed E-state index contributed by atoms with van der Waals surface area (Å²) in [5, 5.41) is 0.809. The van der Waals surface area contributed by atoms with Gasteiger partial charge in [-0.3, -0.25) is 0 Å². The number of aromatic nitrogens is 2. The molecule has 0 saturated heterocycles. The Morgan fingerprint density at radius 3 is 2.61 bits per heavy atom. The van der Waals surface area contributed by atoms with Crippen LogP contribution in [0.5, 0.6) is 0 Å². The van der Waals surface area contributed by atoms with E-state index in [0.29, 0.717) is 3.43 Å². The van der Waals surface area contributed by atoms with Crippen LogP contribution >= 0.6 is 11.6 Å². The van der Waals surface area contributed by atoms with E-state index in [1.54, 1.807) is 12.4 Å². The Labute approximate surface area is 123 Å². The van der Waals surface area contributed by atoms with Crippen LogP contribution in [0.15, 0.2) is 36.8 Å². The van der Waals surface area contributed by atoms with Crippen molar-refractivity contribution in [2.75, 3.05) is 0 Å². The van der Waals surface area contributed by atoms with Crippen molar-refractivity contribution in [3.05, 3.63) is 41.8 Å². The minimum absolute atomic E-state index is 0.376. The Balaban J connectivity index is 2.38. The Kier molecular flexibility index (Phi) is 4.28. The summed E-state index contributed by atoms with van der Waals surface area (Å²) in [6.07, 6.45) is 5.38. The predicted octanol–water partition coefficient (Wildman–Crippen LogP) is 3.34. The minimum atomic E-state index is -0.724. The summed E-state index contributed by atoms with van der Waals surface area (Å²) >= 11 is 5.53. The molecule has 0 aliphatic rings. The second-order valence-corrected chi connectivity index (χ2v) is 12.1. The molecule has 4 heteroatoms. The van der Waals surface area contributed by atoms with Gasteiger partial charge in [0, 0.05) is 0 Å². The number of halogens is 1. The molecule has 0 aliphatic carbocycles. The summed E-state index contributed by atoms with van der Waals surface area (Å²) < 4.78 is 1.68. The molecule has 0 bridgehead atoms. The molecule has 2 aromatic heterocycles. The van der Waals surface area contributed by atoms with Gasteiger partial charge in [-0.05, 0) is 0 Å². The van der Waals surface area contributed by atoms with Crippen molar-refractivity contribution in [2.24, 2.45) is 0 Å². The van der Waals surface area contributed by atoms with Gasteiger partial charge < -0.3 is 0 Å². The maximum atomic E-state index is 6.25. The van der Waals surface area contributed by atoms with Gasteiger partial charge in [-0.1, -0.05) is 0 Å². The average molecular weight is 365 g/mol. The summed E-state index contributed by atoms with van der Waals surface area (Å²) in [6, 6.07) is 6.08. The van der Waals surface area contributed by atoms with Gasteiger partial charge in [0.25, 0.3) is 0 Å². The molecule has 0 amide bonds. The molecule has 0 unspecified atom stereocenters. The fourth-order valence-electron chi connectivity index (χ4n) is 1.61. The van der Waals surface area contributed by atoms with Crippen molar-refractivity contribution in [3.8, 4) is 11.3 Å². The average Bonchev–Trinajstić information content (AvgIpc) is 2.31. The van der Waals surface area contributed by atoms with E-state index in [1.807, 2.05) is 18.3 Å². The summed E-state index contributed by atoms with van der Waals surface area (Å²) in [4.78, 5) is 8.52. The van der Waals surface area contributed by atoms with Crippen LogP contribution in [0, 0.1) is 0 Å². The van der Waals surface area contributed by atoms with Gasteiger partial charge in [0.15, 0.2) is 0 Å². The van der Waals surface area contributed by atoms with Crippen molar-refractivity contribution in [2.45, 2.75) is 24.2 Å². The Hall–Kier alpha value is -0.611. The van der Waals surface area contributed by atoms with Gasteiger partial charge in [0.2, 0.25) is 0 Å². The van der Waals surface area contributed by atoms with Crippen LogP contribution in [0.4, 0.5) is 0 Å². The van der Waals surface area contributed by atoms with E-state index in [-0.39, 0.29) is 0 Å². The van der Waals surface area contributed by atoms with Gasteiger partial charge in [0.05, 0.1) is 0 Å². The summed E-state index contributed by atoms with van der Waals surface area (Å²) in [5.74, 6) is 0. The van der Waals surface area contributed by atoms with E-state index in [4.69, 9.17) is 11.6 Å². The molecule has 18 heavy (non-hydrogen) atoms. The second kappa shape index (κ2) is 5.57. The second-order valence-electron chi connectivity index (χ2n) is 5.17. The van der Waals surface area contributed by atoms with Crippen LogP contribution in [-0.2, 0) is 0 Å². The first-order chi connectivity index (χ1) is 8.46. The van der Waals surface area contributed by atoms with E-state index < -0.39 is 21.1 Å². The molecule has 0 aliphatic heterocycles. The molecule has 2 heterocycles. The number of hydrogen-bond acceptors (Lipinski definition) is 2. The van der Waals surface area contributed by atoms with Gasteiger partial charge in [-0.2, -0.15) is 0 Å². The van der Waals surface area contributed by atoms with Crippen molar-refractivity contribution >= 4 is 36.3 Å². The van der Waals surface area contributed by atoms with Crippen molar-refractivity contribution in [1.29, 1.82) is 0 Å². The zero-order valence-electron chi connectivity index (χ0n) is 10.7. The van der Waals surface area contributed by atoms with E-state index >= 15 is 0 Å². The third kappa shape index (κ3) is 3.69. The quantitative estimate of drug-likeness (QED) is 0.763.